The summed E-state index contributed by atoms with van der Waals surface area (Å²) in [6.45, 7) is 2.51. The number of ether oxygens (including phenoxy) is 1. The fourth-order valence-electron chi connectivity index (χ4n) is 5.01. The summed E-state index contributed by atoms with van der Waals surface area (Å²) in [6, 6.07) is 22.7. The number of carbonyl (C=O) groups is 2. The molecule has 0 fully saturated rings. The van der Waals surface area contributed by atoms with E-state index in [4.69, 9.17) is 4.74 Å². The van der Waals surface area contributed by atoms with Crippen molar-refractivity contribution >= 4 is 17.6 Å². The summed E-state index contributed by atoms with van der Waals surface area (Å²) in [7, 11) is 1.38. The molecule has 0 saturated heterocycles. The topological polar surface area (TPSA) is 84.4 Å². The van der Waals surface area contributed by atoms with Gasteiger partial charge in [0.1, 0.15) is 0 Å². The van der Waals surface area contributed by atoms with Gasteiger partial charge in [0.2, 0.25) is 5.91 Å². The largest absolute Gasteiger partial charge is 0.465 e. The van der Waals surface area contributed by atoms with E-state index in [0.717, 1.165) is 33.6 Å². The molecule has 4 aromatic rings. The number of anilines is 1. The number of hydrogen-bond donors (Lipinski definition) is 1. The van der Waals surface area contributed by atoms with Gasteiger partial charge in [0, 0.05) is 36.9 Å². The number of pyridine rings is 2. The molecule has 1 amide bonds. The average molecular weight is 507 g/mol. The highest BCUT2D eigenvalue weighted by atomic mass is 16.5. The Morgan fingerprint density at radius 2 is 1.74 bits per heavy atom. The molecule has 38 heavy (non-hydrogen) atoms. The van der Waals surface area contributed by atoms with Gasteiger partial charge >= 0.3 is 5.97 Å². The summed E-state index contributed by atoms with van der Waals surface area (Å²) in [5, 5.41) is 3.53. The summed E-state index contributed by atoms with van der Waals surface area (Å²) in [5.41, 5.74) is 5.74. The van der Waals surface area contributed by atoms with Gasteiger partial charge in [-0.05, 0) is 78.4 Å². The summed E-state index contributed by atoms with van der Waals surface area (Å²) < 4.78 is 5.10. The van der Waals surface area contributed by atoms with Gasteiger partial charge in [-0.2, -0.15) is 0 Å². The third-order valence-corrected chi connectivity index (χ3v) is 6.95. The molecule has 7 nitrogen and oxygen atoms in total. The molecule has 5 rings (SSSR count). The number of hydrogen-bond acceptors (Lipinski definition) is 6. The molecule has 2 aromatic heterocycles. The number of benzene rings is 2. The minimum absolute atomic E-state index is 0.0434. The molecular weight excluding hydrogens is 476 g/mol. The predicted molar refractivity (Wildman–Crippen MR) is 147 cm³/mol. The standard InChI is InChI=1S/C31H30N4O3/c1-21(27-10-6-7-14-33-27)34-28(18-22-8-4-3-5-9-22)30(36)35-17-13-25-26(31(37)38-2)19-24(20-29(25)35)23-11-15-32-16-12-23/h3-12,14-16,19-21,28,34H,13,17-18H2,1-2H3/t21-,28-/m0/s1. The Morgan fingerprint density at radius 3 is 2.45 bits per heavy atom. The second-order valence-electron chi connectivity index (χ2n) is 9.37. The van der Waals surface area contributed by atoms with Gasteiger partial charge in [0.05, 0.1) is 24.4 Å². The Labute approximate surface area is 222 Å². The molecule has 0 radical (unpaired) electrons. The van der Waals surface area contributed by atoms with Crippen LogP contribution < -0.4 is 10.2 Å². The van der Waals surface area contributed by atoms with E-state index in [0.29, 0.717) is 24.9 Å². The van der Waals surface area contributed by atoms with Crippen molar-refractivity contribution in [3.05, 3.63) is 114 Å². The van der Waals surface area contributed by atoms with Crippen LogP contribution in [0.3, 0.4) is 0 Å². The smallest absolute Gasteiger partial charge is 0.338 e. The fourth-order valence-corrected chi connectivity index (χ4v) is 5.01. The van der Waals surface area contributed by atoms with Gasteiger partial charge in [-0.1, -0.05) is 36.4 Å². The van der Waals surface area contributed by atoms with Crippen LogP contribution in [-0.4, -0.2) is 41.5 Å². The Bertz CT molecular complexity index is 1410. The van der Waals surface area contributed by atoms with Gasteiger partial charge in [-0.15, -0.1) is 0 Å². The molecule has 192 valence electrons. The summed E-state index contributed by atoms with van der Waals surface area (Å²) in [5.74, 6) is -0.452. The predicted octanol–water partition coefficient (Wildman–Crippen LogP) is 4.78. The van der Waals surface area contributed by atoms with Crippen molar-refractivity contribution in [2.45, 2.75) is 31.8 Å². The van der Waals surface area contributed by atoms with E-state index in [1.54, 1.807) is 23.5 Å². The normalized spacial score (nSPS) is 14.0. The Balaban J connectivity index is 1.52. The number of fused-ring (bicyclic) bond motifs is 1. The number of carbonyl (C=O) groups excluding carboxylic acids is 2. The van der Waals surface area contributed by atoms with Crippen molar-refractivity contribution in [3.8, 4) is 11.1 Å². The first-order valence-corrected chi connectivity index (χ1v) is 12.7. The molecule has 1 aliphatic rings. The molecule has 2 aromatic carbocycles. The SMILES string of the molecule is COC(=O)c1cc(-c2ccncc2)cc2c1CCN2C(=O)[C@H](Cc1ccccc1)N[C@@H](C)c1ccccn1. The molecule has 0 spiro atoms. The van der Waals surface area contributed by atoms with Crippen LogP contribution in [0.1, 0.15) is 40.1 Å². The quantitative estimate of drug-likeness (QED) is 0.346. The van der Waals surface area contributed by atoms with E-state index in [2.05, 4.69) is 15.3 Å². The highest BCUT2D eigenvalue weighted by Crippen LogP contribution is 2.37. The first-order chi connectivity index (χ1) is 18.5. The van der Waals surface area contributed by atoms with Gasteiger partial charge < -0.3 is 9.64 Å². The lowest BCUT2D eigenvalue weighted by molar-refractivity contribution is -0.120. The molecule has 0 unspecified atom stereocenters. The molecule has 3 heterocycles. The van der Waals surface area contributed by atoms with Crippen LogP contribution in [0, 0.1) is 0 Å². The van der Waals surface area contributed by atoms with Gasteiger partial charge in [-0.3, -0.25) is 20.1 Å². The Morgan fingerprint density at radius 1 is 0.974 bits per heavy atom. The molecule has 0 aliphatic carbocycles. The number of rotatable bonds is 8. The molecule has 0 bridgehead atoms. The maximum Gasteiger partial charge on any atom is 0.338 e. The van der Waals surface area contributed by atoms with E-state index < -0.39 is 12.0 Å². The van der Waals surface area contributed by atoms with Crippen LogP contribution in [-0.2, 0) is 22.4 Å². The van der Waals surface area contributed by atoms with Crippen LogP contribution in [0.4, 0.5) is 5.69 Å². The van der Waals surface area contributed by atoms with E-state index in [-0.39, 0.29) is 11.9 Å². The highest BCUT2D eigenvalue weighted by Gasteiger charge is 2.34. The summed E-state index contributed by atoms with van der Waals surface area (Å²) in [4.78, 5) is 37.3. The van der Waals surface area contributed by atoms with Crippen LogP contribution in [0.2, 0.25) is 0 Å². The van der Waals surface area contributed by atoms with Crippen molar-refractivity contribution in [3.63, 3.8) is 0 Å². The van der Waals surface area contributed by atoms with Gasteiger partial charge in [0.15, 0.2) is 0 Å². The Hall–Kier alpha value is -4.36. The summed E-state index contributed by atoms with van der Waals surface area (Å²) >= 11 is 0. The first kappa shape index (κ1) is 25.3. The number of nitrogens with zero attached hydrogens (tertiary/aromatic N) is 3. The minimum Gasteiger partial charge on any atom is -0.465 e. The van der Waals surface area contributed by atoms with E-state index >= 15 is 0 Å². The van der Waals surface area contributed by atoms with Crippen molar-refractivity contribution in [1.29, 1.82) is 0 Å². The van der Waals surface area contributed by atoms with Crippen molar-refractivity contribution < 1.29 is 14.3 Å². The number of methoxy groups -OCH3 is 1. The zero-order valence-electron chi connectivity index (χ0n) is 21.5. The molecule has 0 saturated carbocycles. The van der Waals surface area contributed by atoms with Gasteiger partial charge in [-0.25, -0.2) is 4.79 Å². The number of amides is 1. The second-order valence-corrected chi connectivity index (χ2v) is 9.37. The van der Waals surface area contributed by atoms with E-state index in [9.17, 15) is 9.59 Å². The zero-order valence-corrected chi connectivity index (χ0v) is 21.5. The highest BCUT2D eigenvalue weighted by molar-refractivity contribution is 6.03. The number of esters is 1. The lowest BCUT2D eigenvalue weighted by atomic mass is 9.97. The molecular formula is C31H30N4O3. The van der Waals surface area contributed by atoms with Crippen LogP contribution in [0.5, 0.6) is 0 Å². The van der Waals surface area contributed by atoms with E-state index in [1.807, 2.05) is 79.7 Å². The third-order valence-electron chi connectivity index (χ3n) is 6.95. The fraction of sp³-hybridized carbons (Fsp3) is 0.226. The lowest BCUT2D eigenvalue weighted by Crippen LogP contribution is -2.48. The van der Waals surface area contributed by atoms with Crippen LogP contribution in [0.15, 0.2) is 91.4 Å². The number of nitrogens with one attached hydrogen (secondary N) is 1. The second kappa shape index (κ2) is 11.4. The number of aromatic nitrogens is 2. The monoisotopic (exact) mass is 506 g/mol. The van der Waals surface area contributed by atoms with Crippen molar-refractivity contribution in [2.75, 3.05) is 18.6 Å². The molecule has 2 atom stereocenters. The zero-order chi connectivity index (χ0) is 26.5. The maximum absolute atomic E-state index is 14.2. The van der Waals surface area contributed by atoms with E-state index in [1.165, 1.54) is 7.11 Å². The molecule has 1 aliphatic heterocycles. The van der Waals surface area contributed by atoms with Gasteiger partial charge in [0.25, 0.3) is 0 Å². The first-order valence-electron chi connectivity index (χ1n) is 12.7. The minimum atomic E-state index is -0.494. The molecule has 7 heteroatoms. The maximum atomic E-state index is 14.2. The van der Waals surface area contributed by atoms with Crippen molar-refractivity contribution in [2.24, 2.45) is 0 Å². The van der Waals surface area contributed by atoms with Crippen LogP contribution in [0.25, 0.3) is 11.1 Å². The Kier molecular flexibility index (Phi) is 7.56. The molecule has 1 N–H and O–H groups in total. The van der Waals surface area contributed by atoms with Crippen LogP contribution >= 0.6 is 0 Å². The van der Waals surface area contributed by atoms with Crippen molar-refractivity contribution in [1.82, 2.24) is 15.3 Å². The third kappa shape index (κ3) is 5.33. The summed E-state index contributed by atoms with van der Waals surface area (Å²) in [6.07, 6.45) is 6.28. The average Bonchev–Trinajstić information content (AvgIpc) is 3.41. The lowest BCUT2D eigenvalue weighted by Gasteiger charge is -2.28.